The molecular formula is C23H21N5O4. The Labute approximate surface area is 184 Å². The van der Waals surface area contributed by atoms with Gasteiger partial charge in [-0.05, 0) is 24.6 Å². The molecule has 0 bridgehead atoms. The molecule has 3 aromatic rings. The van der Waals surface area contributed by atoms with Gasteiger partial charge in [0, 0.05) is 49.7 Å². The van der Waals surface area contributed by atoms with Crippen LogP contribution in [0.2, 0.25) is 0 Å². The fraction of sp³-hybridized carbons (Fsp3) is 0.174. The molecule has 2 aromatic carbocycles. The molecule has 9 nitrogen and oxygen atoms in total. The number of hydrogen-bond acceptors (Lipinski definition) is 6. The van der Waals surface area contributed by atoms with Gasteiger partial charge in [-0.15, -0.1) is 0 Å². The van der Waals surface area contributed by atoms with Crippen LogP contribution in [0.4, 0.5) is 5.69 Å². The number of aromatic nitrogens is 2. The highest BCUT2D eigenvalue weighted by Gasteiger charge is 2.17. The van der Waals surface area contributed by atoms with E-state index in [2.05, 4.69) is 10.4 Å². The van der Waals surface area contributed by atoms with E-state index in [0.29, 0.717) is 36.4 Å². The molecule has 0 aliphatic heterocycles. The number of nitriles is 1. The number of hydrogen-bond donors (Lipinski definition) is 1. The monoisotopic (exact) mass is 431 g/mol. The first-order valence-electron chi connectivity index (χ1n) is 9.82. The van der Waals surface area contributed by atoms with E-state index < -0.39 is 10.8 Å². The Kier molecular flexibility index (Phi) is 7.46. The van der Waals surface area contributed by atoms with E-state index in [1.807, 2.05) is 36.4 Å². The van der Waals surface area contributed by atoms with E-state index in [0.717, 1.165) is 5.69 Å². The predicted octanol–water partition coefficient (Wildman–Crippen LogP) is 3.51. The van der Waals surface area contributed by atoms with E-state index >= 15 is 0 Å². The van der Waals surface area contributed by atoms with E-state index in [1.165, 1.54) is 18.2 Å². The van der Waals surface area contributed by atoms with Crippen molar-refractivity contribution in [2.24, 2.45) is 0 Å². The van der Waals surface area contributed by atoms with Crippen LogP contribution < -0.4 is 5.32 Å². The van der Waals surface area contributed by atoms with Gasteiger partial charge in [-0.1, -0.05) is 30.3 Å². The van der Waals surface area contributed by atoms with Crippen LogP contribution in [0.15, 0.2) is 66.4 Å². The van der Waals surface area contributed by atoms with E-state index in [4.69, 9.17) is 4.74 Å². The van der Waals surface area contributed by atoms with Crippen molar-refractivity contribution < 1.29 is 14.5 Å². The van der Waals surface area contributed by atoms with Crippen molar-refractivity contribution in [2.75, 3.05) is 20.3 Å². The molecule has 1 amide bonds. The Morgan fingerprint density at radius 1 is 1.28 bits per heavy atom. The topological polar surface area (TPSA) is 123 Å². The molecule has 0 fully saturated rings. The molecule has 32 heavy (non-hydrogen) atoms. The molecule has 0 aliphatic rings. The van der Waals surface area contributed by atoms with Crippen molar-refractivity contribution in [3.63, 3.8) is 0 Å². The summed E-state index contributed by atoms with van der Waals surface area (Å²) in [5.41, 5.74) is 1.99. The van der Waals surface area contributed by atoms with Gasteiger partial charge in [-0.3, -0.25) is 14.9 Å². The van der Waals surface area contributed by atoms with Crippen LogP contribution in [-0.2, 0) is 9.53 Å². The van der Waals surface area contributed by atoms with Crippen LogP contribution in [0.5, 0.6) is 0 Å². The third-order valence-corrected chi connectivity index (χ3v) is 4.57. The summed E-state index contributed by atoms with van der Waals surface area (Å²) in [6, 6.07) is 17.3. The summed E-state index contributed by atoms with van der Waals surface area (Å²) in [6.45, 7) is 0.860. The molecule has 0 saturated heterocycles. The van der Waals surface area contributed by atoms with E-state index in [-0.39, 0.29) is 11.3 Å². The molecule has 9 heteroatoms. The number of benzene rings is 2. The first-order valence-corrected chi connectivity index (χ1v) is 9.82. The molecule has 1 N–H and O–H groups in total. The maximum Gasteiger partial charge on any atom is 0.270 e. The van der Waals surface area contributed by atoms with Gasteiger partial charge >= 0.3 is 0 Å². The molecule has 162 valence electrons. The second-order valence-corrected chi connectivity index (χ2v) is 6.79. The van der Waals surface area contributed by atoms with Gasteiger partial charge in [0.2, 0.25) is 0 Å². The lowest BCUT2D eigenvalue weighted by Crippen LogP contribution is -2.26. The molecule has 0 atom stereocenters. The van der Waals surface area contributed by atoms with Crippen molar-refractivity contribution in [2.45, 2.75) is 6.42 Å². The number of non-ortho nitro benzene ring substituents is 1. The van der Waals surface area contributed by atoms with E-state index in [9.17, 15) is 20.2 Å². The minimum Gasteiger partial charge on any atom is -0.385 e. The summed E-state index contributed by atoms with van der Waals surface area (Å²) in [5.74, 6) is -0.513. The van der Waals surface area contributed by atoms with Crippen LogP contribution in [0.1, 0.15) is 12.0 Å². The van der Waals surface area contributed by atoms with Crippen LogP contribution in [0.25, 0.3) is 23.0 Å². The van der Waals surface area contributed by atoms with Crippen molar-refractivity contribution in [3.05, 3.63) is 82.0 Å². The van der Waals surface area contributed by atoms with Gasteiger partial charge in [0.05, 0.1) is 10.6 Å². The third kappa shape index (κ3) is 5.44. The first kappa shape index (κ1) is 22.4. The lowest BCUT2D eigenvalue weighted by molar-refractivity contribution is -0.384. The molecule has 1 heterocycles. The minimum absolute atomic E-state index is 0.0805. The number of ether oxygens (including phenoxy) is 1. The zero-order chi connectivity index (χ0) is 22.9. The smallest absolute Gasteiger partial charge is 0.270 e. The lowest BCUT2D eigenvalue weighted by Gasteiger charge is -2.04. The van der Waals surface area contributed by atoms with Crippen molar-refractivity contribution in [1.29, 1.82) is 5.26 Å². The number of rotatable bonds is 9. The Morgan fingerprint density at radius 3 is 2.75 bits per heavy atom. The molecule has 0 aliphatic carbocycles. The maximum absolute atomic E-state index is 12.5. The number of nitro groups is 1. The average molecular weight is 431 g/mol. The summed E-state index contributed by atoms with van der Waals surface area (Å²) >= 11 is 0. The number of carbonyl (C=O) groups excluding carboxylic acids is 1. The molecular weight excluding hydrogens is 410 g/mol. The molecule has 0 radical (unpaired) electrons. The largest absolute Gasteiger partial charge is 0.385 e. The minimum atomic E-state index is -0.513. The summed E-state index contributed by atoms with van der Waals surface area (Å²) in [7, 11) is 1.57. The van der Waals surface area contributed by atoms with Gasteiger partial charge in [-0.25, -0.2) is 4.68 Å². The second-order valence-electron chi connectivity index (χ2n) is 6.79. The molecule has 0 spiro atoms. The maximum atomic E-state index is 12.5. The number of amides is 1. The third-order valence-electron chi connectivity index (χ3n) is 4.57. The van der Waals surface area contributed by atoms with Gasteiger partial charge in [0.1, 0.15) is 17.3 Å². The number of carbonyl (C=O) groups is 1. The molecule has 0 unspecified atom stereocenters. The van der Waals surface area contributed by atoms with Crippen LogP contribution >= 0.6 is 0 Å². The average Bonchev–Trinajstić information content (AvgIpc) is 3.24. The van der Waals surface area contributed by atoms with Gasteiger partial charge in [0.25, 0.3) is 11.6 Å². The quantitative estimate of drug-likeness (QED) is 0.182. The Morgan fingerprint density at radius 2 is 2.06 bits per heavy atom. The number of methoxy groups -OCH3 is 1. The molecule has 0 saturated carbocycles. The van der Waals surface area contributed by atoms with Gasteiger partial charge in [-0.2, -0.15) is 10.4 Å². The summed E-state index contributed by atoms with van der Waals surface area (Å²) in [6.07, 6.45) is 3.73. The number of nitrogens with zero attached hydrogens (tertiary/aromatic N) is 4. The summed E-state index contributed by atoms with van der Waals surface area (Å²) in [5, 5.41) is 28.0. The Balaban J connectivity index is 2.03. The standard InChI is InChI=1S/C23H21N5O4/c1-32-12-6-11-25-23(29)18(15-24)13-19-16-27(20-8-3-2-4-9-20)26-22(19)17-7-5-10-21(14-17)28(30)31/h2-5,7-10,13-14,16H,6,11-12H2,1H3,(H,25,29)/b18-13-. The van der Waals surface area contributed by atoms with Crippen molar-refractivity contribution >= 4 is 17.7 Å². The highest BCUT2D eigenvalue weighted by Crippen LogP contribution is 2.28. The molecule has 1 aromatic heterocycles. The summed E-state index contributed by atoms with van der Waals surface area (Å²) < 4.78 is 6.55. The fourth-order valence-electron chi connectivity index (χ4n) is 3.01. The normalized spacial score (nSPS) is 11.1. The fourth-order valence-corrected chi connectivity index (χ4v) is 3.01. The Bertz CT molecular complexity index is 1180. The highest BCUT2D eigenvalue weighted by atomic mass is 16.6. The predicted molar refractivity (Wildman–Crippen MR) is 119 cm³/mol. The number of nitro benzene ring substituents is 1. The van der Waals surface area contributed by atoms with Crippen molar-refractivity contribution in [3.8, 4) is 23.0 Å². The number of nitrogens with one attached hydrogen (secondary N) is 1. The SMILES string of the molecule is COCCCNC(=O)/C(C#N)=C\c1cn(-c2ccccc2)nc1-c1cccc([N+](=O)[O-])c1. The summed E-state index contributed by atoms with van der Waals surface area (Å²) in [4.78, 5) is 23.2. The van der Waals surface area contributed by atoms with Gasteiger partial charge < -0.3 is 10.1 Å². The van der Waals surface area contributed by atoms with Gasteiger partial charge in [0.15, 0.2) is 0 Å². The van der Waals surface area contributed by atoms with Crippen LogP contribution in [-0.4, -0.2) is 40.9 Å². The van der Waals surface area contributed by atoms with Crippen molar-refractivity contribution in [1.82, 2.24) is 15.1 Å². The lowest BCUT2D eigenvalue weighted by atomic mass is 10.1. The van der Waals surface area contributed by atoms with E-state index in [1.54, 1.807) is 30.1 Å². The second kappa shape index (κ2) is 10.7. The zero-order valence-corrected chi connectivity index (χ0v) is 17.4. The van der Waals surface area contributed by atoms with Crippen LogP contribution in [0.3, 0.4) is 0 Å². The highest BCUT2D eigenvalue weighted by molar-refractivity contribution is 6.02. The molecule has 3 rings (SSSR count). The number of para-hydroxylation sites is 1. The first-order chi connectivity index (χ1) is 15.5. The zero-order valence-electron chi connectivity index (χ0n) is 17.4. The Hall–Kier alpha value is -4.29. The van der Waals surface area contributed by atoms with Crippen LogP contribution in [0, 0.1) is 21.4 Å².